The minimum Gasteiger partial charge on any atom is -0.477 e. The Bertz CT molecular complexity index is 1440. The molecule has 0 amide bonds. The molecule has 4 rings (SSSR count). The number of hydrogen-bond acceptors (Lipinski definition) is 6. The van der Waals surface area contributed by atoms with Crippen molar-refractivity contribution in [3.63, 3.8) is 0 Å². The normalized spacial score (nSPS) is 10.6. The van der Waals surface area contributed by atoms with Crippen LogP contribution in [0, 0.1) is 23.7 Å². The summed E-state index contributed by atoms with van der Waals surface area (Å²) in [7, 11) is 0. The average Bonchev–Trinajstić information content (AvgIpc) is 3.17. The smallest absolute Gasteiger partial charge is 0.279 e. The van der Waals surface area contributed by atoms with E-state index >= 15 is 0 Å². The van der Waals surface area contributed by atoms with Gasteiger partial charge in [-0.05, 0) is 37.1 Å². The molecule has 0 aliphatic rings. The second kappa shape index (κ2) is 8.75. The molecule has 0 aliphatic heterocycles. The first-order chi connectivity index (χ1) is 15.6. The fraction of sp³-hybridized carbons (Fsp3) is 0.208. The lowest BCUT2D eigenvalue weighted by Crippen LogP contribution is -2.11. The van der Waals surface area contributed by atoms with E-state index in [4.69, 9.17) is 21.4 Å². The third kappa shape index (κ3) is 3.82. The summed E-state index contributed by atoms with van der Waals surface area (Å²) in [6.07, 6.45) is 7.70. The van der Waals surface area contributed by atoms with Crippen molar-refractivity contribution in [3.8, 4) is 35.7 Å². The second-order valence-electron chi connectivity index (χ2n) is 7.03. The van der Waals surface area contributed by atoms with Crippen LogP contribution in [0.15, 0.2) is 41.3 Å². The Hall–Kier alpha value is -4.43. The molecule has 1 aromatic carbocycles. The molecule has 0 saturated heterocycles. The van der Waals surface area contributed by atoms with Crippen molar-refractivity contribution < 1.29 is 4.74 Å². The van der Waals surface area contributed by atoms with Crippen molar-refractivity contribution in [3.05, 3.63) is 69.3 Å². The van der Waals surface area contributed by atoms with Crippen LogP contribution in [0.2, 0.25) is 0 Å². The van der Waals surface area contributed by atoms with E-state index in [1.165, 1.54) is 6.20 Å². The summed E-state index contributed by atoms with van der Waals surface area (Å²) in [6, 6.07) is 11.1. The molecule has 0 radical (unpaired) electrons. The summed E-state index contributed by atoms with van der Waals surface area (Å²) in [5, 5.41) is 13.5. The Labute approximate surface area is 184 Å². The molecule has 158 valence electrons. The number of hydrogen-bond donors (Lipinski definition) is 1. The summed E-state index contributed by atoms with van der Waals surface area (Å²) in [5.74, 6) is 3.21. The van der Waals surface area contributed by atoms with Crippen LogP contribution in [0.1, 0.15) is 36.2 Å². The average molecular weight is 424 g/mol. The van der Waals surface area contributed by atoms with Crippen molar-refractivity contribution in [1.82, 2.24) is 24.7 Å². The Kier molecular flexibility index (Phi) is 5.69. The van der Waals surface area contributed by atoms with Gasteiger partial charge in [-0.25, -0.2) is 9.97 Å². The second-order valence-corrected chi connectivity index (χ2v) is 7.03. The zero-order valence-corrected chi connectivity index (χ0v) is 17.7. The quantitative estimate of drug-likeness (QED) is 0.477. The summed E-state index contributed by atoms with van der Waals surface area (Å²) in [6.45, 7) is 4.70. The highest BCUT2D eigenvalue weighted by molar-refractivity contribution is 5.79. The van der Waals surface area contributed by atoms with E-state index in [0.29, 0.717) is 53.5 Å². The molecular weight excluding hydrogens is 404 g/mol. The van der Waals surface area contributed by atoms with Gasteiger partial charge in [-0.2, -0.15) is 10.4 Å². The van der Waals surface area contributed by atoms with E-state index < -0.39 is 0 Å². The lowest BCUT2D eigenvalue weighted by molar-refractivity contribution is 0.328. The molecule has 0 aliphatic carbocycles. The monoisotopic (exact) mass is 424 g/mol. The van der Waals surface area contributed by atoms with E-state index in [9.17, 15) is 4.79 Å². The Balaban J connectivity index is 1.84. The number of aryl methyl sites for hydroxylation is 1. The van der Waals surface area contributed by atoms with Gasteiger partial charge < -0.3 is 9.72 Å². The van der Waals surface area contributed by atoms with Gasteiger partial charge in [-0.15, -0.1) is 6.42 Å². The molecule has 8 heteroatoms. The van der Waals surface area contributed by atoms with Crippen molar-refractivity contribution in [2.75, 3.05) is 6.61 Å². The lowest BCUT2D eigenvalue weighted by atomic mass is 10.1. The summed E-state index contributed by atoms with van der Waals surface area (Å²) >= 11 is 0. The molecule has 1 N–H and O–H groups in total. The molecule has 3 aromatic heterocycles. The molecule has 0 bridgehead atoms. The van der Waals surface area contributed by atoms with Crippen molar-refractivity contribution in [1.29, 1.82) is 5.26 Å². The van der Waals surface area contributed by atoms with Gasteiger partial charge in [0, 0.05) is 11.8 Å². The molecule has 0 unspecified atom stereocenters. The maximum Gasteiger partial charge on any atom is 0.279 e. The van der Waals surface area contributed by atoms with Gasteiger partial charge in [0.1, 0.15) is 11.3 Å². The number of aromatic amines is 1. The molecule has 0 atom stereocenters. The van der Waals surface area contributed by atoms with E-state index in [1.54, 1.807) is 22.9 Å². The third-order valence-electron chi connectivity index (χ3n) is 5.00. The van der Waals surface area contributed by atoms with Crippen LogP contribution in [-0.4, -0.2) is 31.3 Å². The number of aromatic nitrogens is 5. The Morgan fingerprint density at radius 3 is 2.62 bits per heavy atom. The SMILES string of the molecule is C#Cc1cnc(OCC)c(-c2nc3c(CC)n(Cc4ccc(C#N)cc4)nc3c(=O)[nH]2)c1. The number of benzene rings is 1. The molecule has 0 saturated carbocycles. The highest BCUT2D eigenvalue weighted by Gasteiger charge is 2.19. The van der Waals surface area contributed by atoms with Gasteiger partial charge >= 0.3 is 0 Å². The van der Waals surface area contributed by atoms with Crippen LogP contribution in [0.25, 0.3) is 22.4 Å². The van der Waals surface area contributed by atoms with Gasteiger partial charge in [0.25, 0.3) is 5.56 Å². The minimum atomic E-state index is -0.355. The number of fused-ring (bicyclic) bond motifs is 1. The maximum absolute atomic E-state index is 12.9. The van der Waals surface area contributed by atoms with Crippen molar-refractivity contribution >= 4 is 11.0 Å². The maximum atomic E-state index is 12.9. The number of rotatable bonds is 6. The lowest BCUT2D eigenvalue weighted by Gasteiger charge is -2.09. The predicted octanol–water partition coefficient (Wildman–Crippen LogP) is 3.04. The zero-order valence-electron chi connectivity index (χ0n) is 17.7. The van der Waals surface area contributed by atoms with Crippen LogP contribution in [0.5, 0.6) is 5.88 Å². The molecule has 0 fully saturated rings. The first-order valence-electron chi connectivity index (χ1n) is 10.2. The number of H-pyrrole nitrogens is 1. The Morgan fingerprint density at radius 1 is 1.19 bits per heavy atom. The Morgan fingerprint density at radius 2 is 1.97 bits per heavy atom. The van der Waals surface area contributed by atoms with Crippen LogP contribution >= 0.6 is 0 Å². The highest BCUT2D eigenvalue weighted by Crippen LogP contribution is 2.27. The number of nitrogens with one attached hydrogen (secondary N) is 1. The van der Waals surface area contributed by atoms with Crippen molar-refractivity contribution in [2.24, 2.45) is 0 Å². The highest BCUT2D eigenvalue weighted by atomic mass is 16.5. The fourth-order valence-electron chi connectivity index (χ4n) is 3.48. The number of nitriles is 1. The number of ether oxygens (including phenoxy) is 1. The standard InChI is InChI=1S/C24H20N6O2/c1-4-15-11-18(24(26-13-15)32-6-3)22-27-20-19(5-2)30(29-21(20)23(31)28-22)14-17-9-7-16(12-25)8-10-17/h1,7-11,13H,5-6,14H2,2-3H3,(H,27,28,31). The van der Waals surface area contributed by atoms with Crippen LogP contribution in [-0.2, 0) is 13.0 Å². The van der Waals surface area contributed by atoms with Crippen molar-refractivity contribution in [2.45, 2.75) is 26.8 Å². The van der Waals surface area contributed by atoms with Gasteiger partial charge in [0.2, 0.25) is 5.88 Å². The molecule has 8 nitrogen and oxygen atoms in total. The van der Waals surface area contributed by atoms with Crippen LogP contribution in [0.3, 0.4) is 0 Å². The summed E-state index contributed by atoms with van der Waals surface area (Å²) in [5.41, 5.74) is 3.88. The zero-order chi connectivity index (χ0) is 22.7. The topological polar surface area (TPSA) is 109 Å². The summed E-state index contributed by atoms with van der Waals surface area (Å²) < 4.78 is 7.39. The third-order valence-corrected chi connectivity index (χ3v) is 5.00. The minimum absolute atomic E-state index is 0.262. The molecule has 32 heavy (non-hydrogen) atoms. The fourth-order valence-corrected chi connectivity index (χ4v) is 3.48. The van der Waals surface area contributed by atoms with Gasteiger partial charge in [-0.3, -0.25) is 9.48 Å². The predicted molar refractivity (Wildman–Crippen MR) is 120 cm³/mol. The van der Waals surface area contributed by atoms with E-state index in [-0.39, 0.29) is 11.1 Å². The van der Waals surface area contributed by atoms with E-state index in [2.05, 4.69) is 27.1 Å². The molecular formula is C24H20N6O2. The van der Waals surface area contributed by atoms with Gasteiger partial charge in [0.05, 0.1) is 36.0 Å². The number of nitrogens with zero attached hydrogens (tertiary/aromatic N) is 5. The van der Waals surface area contributed by atoms with Gasteiger partial charge in [-0.1, -0.05) is 25.0 Å². The van der Waals surface area contributed by atoms with Gasteiger partial charge in [0.15, 0.2) is 5.52 Å². The number of terminal acetylenes is 1. The molecule has 3 heterocycles. The first-order valence-corrected chi connectivity index (χ1v) is 10.2. The van der Waals surface area contributed by atoms with E-state index in [1.807, 2.05) is 26.0 Å². The first kappa shape index (κ1) is 20.8. The largest absolute Gasteiger partial charge is 0.477 e. The van der Waals surface area contributed by atoms with Crippen LogP contribution < -0.4 is 10.3 Å². The van der Waals surface area contributed by atoms with E-state index in [0.717, 1.165) is 11.3 Å². The van der Waals surface area contributed by atoms with Crippen LogP contribution in [0.4, 0.5) is 0 Å². The molecule has 0 spiro atoms. The number of pyridine rings is 1. The summed E-state index contributed by atoms with van der Waals surface area (Å²) in [4.78, 5) is 24.7. The molecule has 4 aromatic rings.